The molecule has 26 heteroatoms. The fourth-order valence-electron chi connectivity index (χ4n) is 9.47. The van der Waals surface area contributed by atoms with Gasteiger partial charge in [0.1, 0.15) is 24.9 Å². The van der Waals surface area contributed by atoms with Crippen molar-refractivity contribution in [1.82, 2.24) is 55.9 Å². The summed E-state index contributed by atoms with van der Waals surface area (Å²) in [5.41, 5.74) is 23.3. The van der Waals surface area contributed by atoms with E-state index in [1.807, 2.05) is 28.2 Å². The molecule has 2 unspecified atom stereocenters. The SMILES string of the molecule is CCCCCCCCCCCCCCCCCCOCc1cn(C(COCC(COC(=O)NCCCN(C)CCCN)OC(=O)NCCCN(C)CCCN)COCC(COC(=O)NCCCN(C)CCCN)OC(=O)NCCCN(C)CCCN)nn1. The zero-order valence-electron chi connectivity index (χ0n) is 55.7. The first kappa shape index (κ1) is 81.8. The van der Waals surface area contributed by atoms with Crippen LogP contribution in [0.2, 0.25) is 0 Å². The monoisotopic (exact) mass is 1260 g/mol. The minimum atomic E-state index is -0.991. The summed E-state index contributed by atoms with van der Waals surface area (Å²) in [6, 6.07) is -0.613. The Bertz CT molecular complexity index is 1700. The van der Waals surface area contributed by atoms with Crippen molar-refractivity contribution in [3.8, 4) is 0 Å². The Balaban J connectivity index is 3.12. The Morgan fingerprint density at radius 1 is 0.432 bits per heavy atom. The highest BCUT2D eigenvalue weighted by molar-refractivity contribution is 5.69. The Morgan fingerprint density at radius 2 is 0.761 bits per heavy atom. The van der Waals surface area contributed by atoms with Crippen LogP contribution in [0.25, 0.3) is 0 Å². The van der Waals surface area contributed by atoms with E-state index in [4.69, 9.17) is 56.1 Å². The molecule has 2 atom stereocenters. The van der Waals surface area contributed by atoms with Gasteiger partial charge in [-0.05, 0) is 165 Å². The van der Waals surface area contributed by atoms with Crippen LogP contribution >= 0.6 is 0 Å². The van der Waals surface area contributed by atoms with Crippen LogP contribution in [0.5, 0.6) is 0 Å². The second kappa shape index (κ2) is 59.1. The average molecular weight is 1260 g/mol. The molecule has 0 saturated carbocycles. The minimum absolute atomic E-state index is 0.0185. The van der Waals surface area contributed by atoms with Crippen molar-refractivity contribution in [2.45, 2.75) is 186 Å². The smallest absolute Gasteiger partial charge is 0.407 e. The van der Waals surface area contributed by atoms with Crippen LogP contribution < -0.4 is 44.2 Å². The number of ether oxygens (including phenoxy) is 7. The summed E-state index contributed by atoms with van der Waals surface area (Å²) < 4.78 is 42.8. The number of hydrogen-bond donors (Lipinski definition) is 8. The summed E-state index contributed by atoms with van der Waals surface area (Å²) in [5, 5.41) is 20.0. The second-order valence-electron chi connectivity index (χ2n) is 23.4. The predicted octanol–water partition coefficient (Wildman–Crippen LogP) is 5.96. The molecule has 88 heavy (non-hydrogen) atoms. The molecular formula is C62H127N15O11. The summed E-state index contributed by atoms with van der Waals surface area (Å²) in [6.45, 7) is 12.6. The van der Waals surface area contributed by atoms with E-state index in [-0.39, 0.29) is 46.2 Å². The molecule has 1 aromatic heterocycles. The van der Waals surface area contributed by atoms with Gasteiger partial charge in [0.25, 0.3) is 0 Å². The van der Waals surface area contributed by atoms with Crippen LogP contribution in [0.4, 0.5) is 19.2 Å². The summed E-state index contributed by atoms with van der Waals surface area (Å²) in [5.74, 6) is 0. The van der Waals surface area contributed by atoms with E-state index in [0.29, 0.717) is 90.3 Å². The Labute approximate surface area is 530 Å². The molecule has 0 aliphatic carbocycles. The van der Waals surface area contributed by atoms with Crippen LogP contribution in [0.1, 0.15) is 173 Å². The number of alkyl carbamates (subject to hydrolysis) is 4. The van der Waals surface area contributed by atoms with Crippen LogP contribution in [0.3, 0.4) is 0 Å². The predicted molar refractivity (Wildman–Crippen MR) is 348 cm³/mol. The van der Waals surface area contributed by atoms with Crippen molar-refractivity contribution in [2.24, 2.45) is 22.9 Å². The number of unbranched alkanes of at least 4 members (excludes halogenated alkanes) is 15. The van der Waals surface area contributed by atoms with E-state index in [1.165, 1.54) is 89.9 Å². The van der Waals surface area contributed by atoms with Gasteiger partial charge in [0, 0.05) is 32.8 Å². The Kier molecular flexibility index (Phi) is 54.9. The normalized spacial score (nSPS) is 12.6. The van der Waals surface area contributed by atoms with Gasteiger partial charge in [0.2, 0.25) is 0 Å². The number of nitrogens with zero attached hydrogens (tertiary/aromatic N) is 7. The van der Waals surface area contributed by atoms with Crippen molar-refractivity contribution >= 4 is 24.4 Å². The second-order valence-corrected chi connectivity index (χ2v) is 23.4. The fourth-order valence-corrected chi connectivity index (χ4v) is 9.47. The lowest BCUT2D eigenvalue weighted by Gasteiger charge is -2.23. The summed E-state index contributed by atoms with van der Waals surface area (Å²) in [4.78, 5) is 60.7. The zero-order chi connectivity index (χ0) is 64.3. The van der Waals surface area contributed by atoms with Crippen LogP contribution in [0.15, 0.2) is 6.20 Å². The first-order chi connectivity index (χ1) is 42.8. The molecule has 0 radical (unpaired) electrons. The summed E-state index contributed by atoms with van der Waals surface area (Å²) in [6.07, 6.45) is 24.1. The molecule has 0 saturated heterocycles. The fraction of sp³-hybridized carbons (Fsp3) is 0.903. The summed E-state index contributed by atoms with van der Waals surface area (Å²) in [7, 11) is 8.02. The largest absolute Gasteiger partial charge is 0.446 e. The van der Waals surface area contributed by atoms with Crippen LogP contribution in [0, 0.1) is 0 Å². The van der Waals surface area contributed by atoms with Gasteiger partial charge in [0.05, 0.1) is 39.2 Å². The number of carbonyl (C=O) groups is 4. The van der Waals surface area contributed by atoms with Gasteiger partial charge in [-0.15, -0.1) is 5.10 Å². The van der Waals surface area contributed by atoms with E-state index in [9.17, 15) is 19.2 Å². The first-order valence-corrected chi connectivity index (χ1v) is 33.7. The Hall–Kier alpha value is -4.22. The molecule has 1 rings (SSSR count). The van der Waals surface area contributed by atoms with Crippen molar-refractivity contribution in [3.63, 3.8) is 0 Å². The van der Waals surface area contributed by atoms with E-state index in [2.05, 4.69) is 58.1 Å². The highest BCUT2D eigenvalue weighted by Gasteiger charge is 2.23. The van der Waals surface area contributed by atoms with E-state index in [0.717, 1.165) is 90.9 Å². The van der Waals surface area contributed by atoms with Gasteiger partial charge in [0.15, 0.2) is 12.2 Å². The highest BCUT2D eigenvalue weighted by atomic mass is 16.6. The van der Waals surface area contributed by atoms with Gasteiger partial charge < -0.3 is 97.0 Å². The maximum Gasteiger partial charge on any atom is 0.407 e. The van der Waals surface area contributed by atoms with Gasteiger partial charge in [-0.25, -0.2) is 23.9 Å². The van der Waals surface area contributed by atoms with E-state index < -0.39 is 42.6 Å². The van der Waals surface area contributed by atoms with E-state index >= 15 is 0 Å². The third kappa shape index (κ3) is 50.5. The minimum Gasteiger partial charge on any atom is -0.446 e. The number of nitrogens with one attached hydrogen (secondary N) is 4. The molecule has 0 spiro atoms. The average Bonchev–Trinajstić information content (AvgIpc) is 4.14. The van der Waals surface area contributed by atoms with Gasteiger partial charge in [-0.1, -0.05) is 108 Å². The molecule has 12 N–H and O–H groups in total. The van der Waals surface area contributed by atoms with Crippen molar-refractivity contribution in [3.05, 3.63) is 11.9 Å². The standard InChI is InChI=1S/C62H127N15O11/c1-6-7-8-9-10-11-12-13-14-15-16-17-18-19-20-21-46-82-48-55-47-77(72-71-55)56(49-83-51-57(87-61(80)69-36-28-44-75(4)40-24-32-65)53-85-59(78)67-34-26-42-73(2)38-22-30-63)50-84-52-58(88-62(81)70-37-29-45-76(5)41-25-33-66)54-86-60(79)68-35-27-43-74(3)39-23-31-64/h47,56-58H,6-46,48-54,63-66H2,1-5H3,(H,67,78)(H,68,79)(H,69,80)(H,70,81). The lowest BCUT2D eigenvalue weighted by molar-refractivity contribution is -0.0427. The first-order valence-electron chi connectivity index (χ1n) is 33.7. The number of hydrogen-bond acceptors (Lipinski definition) is 21. The number of nitrogens with two attached hydrogens (primary N) is 4. The topological polar surface area (TPSA) is 329 Å². The molecule has 4 amide bonds. The lowest BCUT2D eigenvalue weighted by Crippen LogP contribution is -2.38. The van der Waals surface area contributed by atoms with Crippen LogP contribution in [-0.4, -0.2) is 250 Å². The van der Waals surface area contributed by atoms with Crippen molar-refractivity contribution in [1.29, 1.82) is 0 Å². The highest BCUT2D eigenvalue weighted by Crippen LogP contribution is 2.15. The Morgan fingerprint density at radius 3 is 1.11 bits per heavy atom. The maximum absolute atomic E-state index is 13.2. The molecule has 0 aromatic carbocycles. The van der Waals surface area contributed by atoms with Crippen LogP contribution in [-0.2, 0) is 39.8 Å². The van der Waals surface area contributed by atoms with Gasteiger partial charge in [-0.3, -0.25) is 0 Å². The van der Waals surface area contributed by atoms with Crippen molar-refractivity contribution < 1.29 is 52.3 Å². The molecule has 1 heterocycles. The molecule has 516 valence electrons. The molecule has 0 aliphatic heterocycles. The maximum atomic E-state index is 13.2. The third-order valence-corrected chi connectivity index (χ3v) is 14.8. The zero-order valence-corrected chi connectivity index (χ0v) is 55.7. The van der Waals surface area contributed by atoms with E-state index in [1.54, 1.807) is 10.9 Å². The summed E-state index contributed by atoms with van der Waals surface area (Å²) >= 11 is 0. The molecule has 0 bridgehead atoms. The number of aromatic nitrogens is 3. The molecule has 26 nitrogen and oxygen atoms in total. The number of amides is 4. The number of rotatable bonds is 62. The molecular weight excluding hydrogens is 1130 g/mol. The molecule has 0 aliphatic rings. The quantitative estimate of drug-likeness (QED) is 0.0276. The van der Waals surface area contributed by atoms with Crippen molar-refractivity contribution in [2.75, 3.05) is 179 Å². The van der Waals surface area contributed by atoms with Gasteiger partial charge >= 0.3 is 24.4 Å². The third-order valence-electron chi connectivity index (χ3n) is 14.8. The number of carbonyl (C=O) groups excluding carboxylic acids is 4. The molecule has 1 aromatic rings. The van der Waals surface area contributed by atoms with Gasteiger partial charge in [-0.2, -0.15) is 0 Å². The molecule has 0 fully saturated rings. The lowest BCUT2D eigenvalue weighted by atomic mass is 10.0.